The molecule has 5 nitrogen and oxygen atoms in total. The summed E-state index contributed by atoms with van der Waals surface area (Å²) in [6.07, 6.45) is 1.80. The van der Waals surface area contributed by atoms with E-state index >= 15 is 0 Å². The molecule has 0 amide bonds. The molecule has 0 fully saturated rings. The highest BCUT2D eigenvalue weighted by molar-refractivity contribution is 5.82. The molecular weight excluding hydrogens is 250 g/mol. The van der Waals surface area contributed by atoms with Crippen LogP contribution in [-0.4, -0.2) is 19.7 Å². The third-order valence-corrected chi connectivity index (χ3v) is 3.24. The molecule has 3 rings (SSSR count). The van der Waals surface area contributed by atoms with Crippen LogP contribution in [0, 0.1) is 6.92 Å². The lowest BCUT2D eigenvalue weighted by molar-refractivity contribution is 0.761. The van der Waals surface area contributed by atoms with Crippen molar-refractivity contribution in [1.82, 2.24) is 19.7 Å². The second-order valence-electron chi connectivity index (χ2n) is 5.26. The van der Waals surface area contributed by atoms with Crippen LogP contribution in [-0.2, 0) is 0 Å². The monoisotopic (exact) mass is 267 g/mol. The molecule has 0 bridgehead atoms. The van der Waals surface area contributed by atoms with E-state index < -0.39 is 0 Å². The van der Waals surface area contributed by atoms with Gasteiger partial charge in [0.1, 0.15) is 0 Å². The lowest BCUT2D eigenvalue weighted by Gasteiger charge is -2.09. The van der Waals surface area contributed by atoms with E-state index in [1.165, 1.54) is 0 Å². The van der Waals surface area contributed by atoms with E-state index in [4.69, 9.17) is 5.73 Å². The summed E-state index contributed by atoms with van der Waals surface area (Å²) in [5.74, 6) is 0.941. The molecular formula is C15H17N5. The minimum Gasteiger partial charge on any atom is -0.399 e. The average molecular weight is 267 g/mol. The topological polar surface area (TPSA) is 69.6 Å². The molecule has 0 spiro atoms. The van der Waals surface area contributed by atoms with Crippen molar-refractivity contribution in [3.05, 3.63) is 41.9 Å². The molecule has 0 aliphatic rings. The molecule has 0 saturated carbocycles. The molecule has 3 aromatic rings. The van der Waals surface area contributed by atoms with Crippen LogP contribution in [0.15, 0.2) is 30.5 Å². The van der Waals surface area contributed by atoms with Gasteiger partial charge < -0.3 is 5.73 Å². The Morgan fingerprint density at radius 2 is 1.95 bits per heavy atom. The number of anilines is 1. The van der Waals surface area contributed by atoms with Gasteiger partial charge >= 0.3 is 0 Å². The number of nitrogens with zero attached hydrogens (tertiary/aromatic N) is 4. The number of benzene rings is 1. The maximum Gasteiger partial charge on any atom is 0.251 e. The molecule has 2 aromatic heterocycles. The van der Waals surface area contributed by atoms with Crippen LogP contribution < -0.4 is 5.73 Å². The number of aromatic nitrogens is 4. The predicted molar refractivity (Wildman–Crippen MR) is 79.9 cm³/mol. The molecule has 2 heterocycles. The summed E-state index contributed by atoms with van der Waals surface area (Å²) in [5, 5.41) is 5.41. The Labute approximate surface area is 117 Å². The van der Waals surface area contributed by atoms with Gasteiger partial charge in [0.15, 0.2) is 0 Å². The summed E-state index contributed by atoms with van der Waals surface area (Å²) < 4.78 is 1.74. The van der Waals surface area contributed by atoms with Gasteiger partial charge in [-0.05, 0) is 37.1 Å². The number of nitrogens with two attached hydrogens (primary N) is 1. The third kappa shape index (κ3) is 2.11. The highest BCUT2D eigenvalue weighted by atomic mass is 15.3. The minimum atomic E-state index is 0.349. The summed E-state index contributed by atoms with van der Waals surface area (Å²) in [6, 6.07) is 7.72. The lowest BCUT2D eigenvalue weighted by Crippen LogP contribution is -2.07. The first-order valence-corrected chi connectivity index (χ1v) is 6.64. The van der Waals surface area contributed by atoms with Crippen molar-refractivity contribution in [2.45, 2.75) is 26.7 Å². The second-order valence-corrected chi connectivity index (χ2v) is 5.26. The molecule has 0 radical (unpaired) electrons. The fourth-order valence-electron chi connectivity index (χ4n) is 2.16. The number of rotatable bonds is 2. The first kappa shape index (κ1) is 12.6. The summed E-state index contributed by atoms with van der Waals surface area (Å²) >= 11 is 0. The number of nitrogen functional groups attached to an aromatic ring is 1. The van der Waals surface area contributed by atoms with Crippen molar-refractivity contribution in [3.8, 4) is 5.95 Å². The summed E-state index contributed by atoms with van der Waals surface area (Å²) in [5.41, 5.74) is 9.43. The van der Waals surface area contributed by atoms with Gasteiger partial charge in [0.05, 0.1) is 11.7 Å². The third-order valence-electron chi connectivity index (χ3n) is 3.24. The molecule has 2 N–H and O–H groups in total. The Bertz CT molecular complexity index is 773. The van der Waals surface area contributed by atoms with Crippen LogP contribution >= 0.6 is 0 Å². The van der Waals surface area contributed by atoms with Crippen molar-refractivity contribution in [2.75, 3.05) is 5.73 Å². The summed E-state index contributed by atoms with van der Waals surface area (Å²) in [6.45, 7) is 6.20. The van der Waals surface area contributed by atoms with E-state index in [0.29, 0.717) is 17.6 Å². The standard InChI is InChI=1S/C15H17N5/c1-9(2)13-6-10(3)18-15(19-13)20-14-7-12(16)5-4-11(14)8-17-20/h4-9H,16H2,1-3H3. The van der Waals surface area contributed by atoms with Gasteiger partial charge in [-0.1, -0.05) is 13.8 Å². The zero-order valence-corrected chi connectivity index (χ0v) is 11.8. The molecule has 20 heavy (non-hydrogen) atoms. The molecule has 0 unspecified atom stereocenters. The van der Waals surface area contributed by atoms with Crippen molar-refractivity contribution >= 4 is 16.6 Å². The Balaban J connectivity index is 2.22. The number of fused-ring (bicyclic) bond motifs is 1. The smallest absolute Gasteiger partial charge is 0.251 e. The van der Waals surface area contributed by atoms with Crippen molar-refractivity contribution in [3.63, 3.8) is 0 Å². The number of hydrogen-bond donors (Lipinski definition) is 1. The highest BCUT2D eigenvalue weighted by Gasteiger charge is 2.11. The lowest BCUT2D eigenvalue weighted by atomic mass is 10.1. The maximum atomic E-state index is 5.86. The van der Waals surface area contributed by atoms with E-state index in [1.54, 1.807) is 10.9 Å². The van der Waals surface area contributed by atoms with Gasteiger partial charge in [-0.3, -0.25) is 0 Å². The summed E-state index contributed by atoms with van der Waals surface area (Å²) in [7, 11) is 0. The fraction of sp³-hybridized carbons (Fsp3) is 0.267. The van der Waals surface area contributed by atoms with Crippen LogP contribution in [0.2, 0.25) is 0 Å². The minimum absolute atomic E-state index is 0.349. The van der Waals surface area contributed by atoms with Crippen LogP contribution in [0.3, 0.4) is 0 Å². The maximum absolute atomic E-state index is 5.86. The van der Waals surface area contributed by atoms with Gasteiger partial charge in [-0.2, -0.15) is 9.78 Å². The first-order valence-electron chi connectivity index (χ1n) is 6.64. The second kappa shape index (κ2) is 4.59. The number of hydrogen-bond acceptors (Lipinski definition) is 4. The molecule has 0 aliphatic carbocycles. The highest BCUT2D eigenvalue weighted by Crippen LogP contribution is 2.20. The van der Waals surface area contributed by atoms with Crippen LogP contribution in [0.25, 0.3) is 16.9 Å². The Morgan fingerprint density at radius 3 is 2.70 bits per heavy atom. The van der Waals surface area contributed by atoms with Crippen molar-refractivity contribution in [2.24, 2.45) is 0 Å². The van der Waals surface area contributed by atoms with Crippen LogP contribution in [0.5, 0.6) is 0 Å². The summed E-state index contributed by atoms with van der Waals surface area (Å²) in [4.78, 5) is 9.09. The van der Waals surface area contributed by atoms with Crippen LogP contribution in [0.1, 0.15) is 31.2 Å². The van der Waals surface area contributed by atoms with Crippen LogP contribution in [0.4, 0.5) is 5.69 Å². The van der Waals surface area contributed by atoms with Gasteiger partial charge in [0.25, 0.3) is 5.95 Å². The van der Waals surface area contributed by atoms with E-state index in [0.717, 1.165) is 22.3 Å². The Hall–Kier alpha value is -2.43. The number of aryl methyl sites for hydroxylation is 1. The van der Waals surface area contributed by atoms with Crippen molar-refractivity contribution < 1.29 is 0 Å². The molecule has 102 valence electrons. The normalized spacial score (nSPS) is 11.4. The van der Waals surface area contributed by atoms with Gasteiger partial charge in [0.2, 0.25) is 0 Å². The zero-order valence-electron chi connectivity index (χ0n) is 11.8. The first-order chi connectivity index (χ1) is 9.54. The van der Waals surface area contributed by atoms with Crippen molar-refractivity contribution in [1.29, 1.82) is 0 Å². The van der Waals surface area contributed by atoms with Gasteiger partial charge in [0, 0.05) is 22.5 Å². The van der Waals surface area contributed by atoms with E-state index in [2.05, 4.69) is 28.9 Å². The quantitative estimate of drug-likeness (QED) is 0.725. The predicted octanol–water partition coefficient (Wildman–Crippen LogP) is 2.83. The van der Waals surface area contributed by atoms with Gasteiger partial charge in [-0.25, -0.2) is 9.97 Å². The Kier molecular flexibility index (Phi) is 2.89. The fourth-order valence-corrected chi connectivity index (χ4v) is 2.16. The largest absolute Gasteiger partial charge is 0.399 e. The zero-order chi connectivity index (χ0) is 14.3. The molecule has 0 aliphatic heterocycles. The van der Waals surface area contributed by atoms with E-state index in [1.807, 2.05) is 31.2 Å². The molecule has 1 aromatic carbocycles. The van der Waals surface area contributed by atoms with E-state index in [9.17, 15) is 0 Å². The van der Waals surface area contributed by atoms with E-state index in [-0.39, 0.29) is 0 Å². The molecule has 0 saturated heterocycles. The average Bonchev–Trinajstić information content (AvgIpc) is 2.80. The Morgan fingerprint density at radius 1 is 1.15 bits per heavy atom. The van der Waals surface area contributed by atoms with Gasteiger partial charge in [-0.15, -0.1) is 0 Å². The molecule has 0 atom stereocenters. The SMILES string of the molecule is Cc1cc(C(C)C)nc(-n2ncc3ccc(N)cc32)n1. The molecule has 5 heteroatoms.